The number of benzene rings is 8. The first-order valence-electron chi connectivity index (χ1n) is 19.4. The molecule has 2 aliphatic rings. The second-order valence-corrected chi connectivity index (χ2v) is 16.2. The zero-order valence-corrected chi connectivity index (χ0v) is 31.9. The van der Waals surface area contributed by atoms with Crippen LogP contribution in [-0.2, 0) is 5.41 Å². The van der Waals surface area contributed by atoms with Crippen LogP contribution in [0, 0.1) is 6.92 Å². The number of thiophene rings is 1. The third-order valence-corrected chi connectivity index (χ3v) is 13.2. The minimum Gasteiger partial charge on any atom is -0.208 e. The summed E-state index contributed by atoms with van der Waals surface area (Å²) in [5.74, 6) is 1.96. The van der Waals surface area contributed by atoms with Gasteiger partial charge in [0, 0.05) is 42.4 Å². The van der Waals surface area contributed by atoms with E-state index in [1.807, 2.05) is 29.5 Å². The van der Waals surface area contributed by atoms with E-state index in [-0.39, 0.29) is 0 Å². The van der Waals surface area contributed by atoms with Gasteiger partial charge >= 0.3 is 0 Å². The Morgan fingerprint density at radius 3 is 1.72 bits per heavy atom. The van der Waals surface area contributed by atoms with Crippen LogP contribution < -0.4 is 0 Å². The lowest BCUT2D eigenvalue weighted by Crippen LogP contribution is -2.29. The molecule has 1 atom stereocenters. The van der Waals surface area contributed by atoms with Crippen molar-refractivity contribution in [2.75, 3.05) is 0 Å². The molecule has 0 fully saturated rings. The monoisotopic (exact) mass is 743 g/mol. The molecule has 3 nitrogen and oxygen atoms in total. The van der Waals surface area contributed by atoms with Gasteiger partial charge in [0.05, 0.1) is 5.41 Å². The maximum Gasteiger partial charge on any atom is 0.164 e. The van der Waals surface area contributed by atoms with Crippen molar-refractivity contribution in [3.63, 3.8) is 0 Å². The fourth-order valence-electron chi connectivity index (χ4n) is 9.63. The smallest absolute Gasteiger partial charge is 0.164 e. The van der Waals surface area contributed by atoms with E-state index in [0.717, 1.165) is 22.3 Å². The Kier molecular flexibility index (Phi) is 6.93. The van der Waals surface area contributed by atoms with Crippen molar-refractivity contribution in [2.24, 2.45) is 0 Å². The topological polar surface area (TPSA) is 38.7 Å². The Labute approximate surface area is 334 Å². The van der Waals surface area contributed by atoms with E-state index in [2.05, 4.69) is 171 Å². The summed E-state index contributed by atoms with van der Waals surface area (Å²) in [6, 6.07) is 66.3. The molecule has 12 rings (SSSR count). The molecule has 2 aromatic heterocycles. The lowest BCUT2D eigenvalue weighted by molar-refractivity contribution is 0.776. The second kappa shape index (κ2) is 12.2. The van der Waals surface area contributed by atoms with Gasteiger partial charge < -0.3 is 0 Å². The average molecular weight is 744 g/mol. The molecular weight excluding hydrogens is 711 g/mol. The predicted molar refractivity (Wildman–Crippen MR) is 235 cm³/mol. The minimum atomic E-state index is -0.633. The lowest BCUT2D eigenvalue weighted by Gasteiger charge is -2.35. The highest BCUT2D eigenvalue weighted by Crippen LogP contribution is 2.63. The van der Waals surface area contributed by atoms with Crippen molar-refractivity contribution in [3.05, 3.63) is 210 Å². The summed E-state index contributed by atoms with van der Waals surface area (Å²) in [7, 11) is 0. The van der Waals surface area contributed by atoms with E-state index in [1.165, 1.54) is 75.8 Å². The van der Waals surface area contributed by atoms with Gasteiger partial charge in [-0.25, -0.2) is 15.0 Å². The molecule has 0 amide bonds. The molecule has 57 heavy (non-hydrogen) atoms. The predicted octanol–water partition coefficient (Wildman–Crippen LogP) is 13.6. The molecule has 1 spiro atoms. The maximum absolute atomic E-state index is 5.25. The van der Waals surface area contributed by atoms with Crippen LogP contribution in [0.5, 0.6) is 0 Å². The van der Waals surface area contributed by atoms with E-state index in [4.69, 9.17) is 15.0 Å². The minimum absolute atomic E-state index is 0.633. The van der Waals surface area contributed by atoms with Crippen LogP contribution in [-0.4, -0.2) is 15.0 Å². The summed E-state index contributed by atoms with van der Waals surface area (Å²) < 4.78 is 2.65. The van der Waals surface area contributed by atoms with Crippen LogP contribution in [0.1, 0.15) is 27.8 Å². The van der Waals surface area contributed by atoms with Gasteiger partial charge in [-0.15, -0.1) is 11.3 Å². The summed E-state index contributed by atoms with van der Waals surface area (Å²) in [5, 5.41) is 2.62. The Balaban J connectivity index is 1.21. The van der Waals surface area contributed by atoms with Crippen molar-refractivity contribution in [2.45, 2.75) is 12.3 Å². The summed E-state index contributed by atoms with van der Waals surface area (Å²) in [5.41, 5.74) is 16.0. The number of rotatable bonds is 3. The standard InChI is InChI=1S/C53H33N3S/c1-32-14-13-17-34(30-32)51-54-50(33-15-3-2-4-16-33)55-52(56-51)35-26-27-39-37-19-6-5-18-36(37)38-20-7-10-23-43(38)53(46(39)31-35)44-24-11-8-22-42(44)48-45(53)29-28-41-40-21-9-12-25-47(40)57-49(41)48/h2-31H,1H3. The molecule has 4 heteroatoms. The largest absolute Gasteiger partial charge is 0.208 e. The number of fused-ring (bicyclic) bond motifs is 16. The van der Waals surface area contributed by atoms with Gasteiger partial charge in [0.25, 0.3) is 0 Å². The van der Waals surface area contributed by atoms with Crippen molar-refractivity contribution >= 4 is 31.5 Å². The molecule has 2 heterocycles. The van der Waals surface area contributed by atoms with E-state index < -0.39 is 5.41 Å². The summed E-state index contributed by atoms with van der Waals surface area (Å²) in [6.45, 7) is 2.11. The van der Waals surface area contributed by atoms with Gasteiger partial charge in [-0.2, -0.15) is 0 Å². The van der Waals surface area contributed by atoms with Gasteiger partial charge in [0.2, 0.25) is 0 Å². The Morgan fingerprint density at radius 1 is 0.386 bits per heavy atom. The highest BCUT2D eigenvalue weighted by molar-refractivity contribution is 7.26. The normalized spacial score (nSPS) is 14.8. The first kappa shape index (κ1) is 32.3. The molecule has 8 aromatic carbocycles. The van der Waals surface area contributed by atoms with Gasteiger partial charge in [-0.1, -0.05) is 169 Å². The first-order valence-corrected chi connectivity index (χ1v) is 20.3. The molecule has 10 aromatic rings. The van der Waals surface area contributed by atoms with Gasteiger partial charge in [0.15, 0.2) is 17.5 Å². The van der Waals surface area contributed by atoms with Crippen LogP contribution in [0.15, 0.2) is 182 Å². The summed E-state index contributed by atoms with van der Waals surface area (Å²) in [4.78, 5) is 15.5. The number of hydrogen-bond acceptors (Lipinski definition) is 4. The van der Waals surface area contributed by atoms with E-state index in [0.29, 0.717) is 17.5 Å². The number of hydrogen-bond donors (Lipinski definition) is 0. The molecule has 1 unspecified atom stereocenters. The fourth-order valence-corrected chi connectivity index (χ4v) is 10.9. The molecular formula is C53H33N3S. The zero-order valence-electron chi connectivity index (χ0n) is 31.1. The van der Waals surface area contributed by atoms with E-state index >= 15 is 0 Å². The highest BCUT2D eigenvalue weighted by atomic mass is 32.1. The van der Waals surface area contributed by atoms with Crippen molar-refractivity contribution in [1.29, 1.82) is 0 Å². The molecule has 0 N–H and O–H groups in total. The third kappa shape index (κ3) is 4.62. The quantitative estimate of drug-likeness (QED) is 0.181. The summed E-state index contributed by atoms with van der Waals surface area (Å²) >= 11 is 1.91. The summed E-state index contributed by atoms with van der Waals surface area (Å²) in [6.07, 6.45) is 0. The highest BCUT2D eigenvalue weighted by Gasteiger charge is 2.50. The Morgan fingerprint density at radius 2 is 0.965 bits per heavy atom. The van der Waals surface area contributed by atoms with Crippen LogP contribution >= 0.6 is 11.3 Å². The first-order chi connectivity index (χ1) is 28.2. The van der Waals surface area contributed by atoms with Crippen LogP contribution in [0.2, 0.25) is 0 Å². The number of aromatic nitrogens is 3. The number of nitrogens with zero attached hydrogens (tertiary/aromatic N) is 3. The van der Waals surface area contributed by atoms with E-state index in [9.17, 15) is 0 Å². The van der Waals surface area contributed by atoms with Gasteiger partial charge in [-0.05, 0) is 75.2 Å². The van der Waals surface area contributed by atoms with Crippen molar-refractivity contribution in [1.82, 2.24) is 15.0 Å². The lowest BCUT2D eigenvalue weighted by atomic mass is 9.65. The molecule has 0 bridgehead atoms. The van der Waals surface area contributed by atoms with Crippen LogP contribution in [0.4, 0.5) is 0 Å². The molecule has 0 aliphatic heterocycles. The maximum atomic E-state index is 5.25. The fraction of sp³-hybridized carbons (Fsp3) is 0.0377. The average Bonchev–Trinajstić information content (AvgIpc) is 3.77. The van der Waals surface area contributed by atoms with Gasteiger partial charge in [0.1, 0.15) is 0 Å². The molecule has 0 saturated heterocycles. The number of aryl methyl sites for hydroxylation is 1. The second-order valence-electron chi connectivity index (χ2n) is 15.2. The Bertz CT molecular complexity index is 3270. The van der Waals surface area contributed by atoms with Gasteiger partial charge in [-0.3, -0.25) is 0 Å². The molecule has 0 radical (unpaired) electrons. The third-order valence-electron chi connectivity index (χ3n) is 12.0. The van der Waals surface area contributed by atoms with Crippen LogP contribution in [0.3, 0.4) is 0 Å². The van der Waals surface area contributed by atoms with E-state index in [1.54, 1.807) is 0 Å². The van der Waals surface area contributed by atoms with Crippen molar-refractivity contribution in [3.8, 4) is 67.5 Å². The molecule has 266 valence electrons. The van der Waals surface area contributed by atoms with Crippen molar-refractivity contribution < 1.29 is 0 Å². The van der Waals surface area contributed by atoms with Crippen LogP contribution in [0.25, 0.3) is 87.7 Å². The molecule has 0 saturated carbocycles. The zero-order chi connectivity index (χ0) is 37.7. The Hall–Kier alpha value is -7.01. The molecule has 2 aliphatic carbocycles. The SMILES string of the molecule is Cc1cccc(-c2nc(-c3ccccc3)nc(-c3ccc4c(c3)C3(c5ccccc5-c5ccccc5-4)c4ccccc4-c4c3ccc3c4sc4ccccc43)n2)c1.